The smallest absolute Gasteiger partial charge is 0.0704 e. The van der Waals surface area contributed by atoms with E-state index < -0.39 is 0 Å². The minimum Gasteiger partial charge on any atom is -0.324 e. The van der Waals surface area contributed by atoms with Crippen LogP contribution in [0.15, 0.2) is 34.1 Å². The molecule has 100 valence electrons. The Morgan fingerprint density at radius 3 is 2.74 bits per heavy atom. The molecule has 0 radical (unpaired) electrons. The van der Waals surface area contributed by atoms with Crippen molar-refractivity contribution >= 4 is 27.3 Å². The molecule has 0 aliphatic heterocycles. The molecule has 0 saturated carbocycles. The van der Waals surface area contributed by atoms with Crippen LogP contribution >= 0.6 is 27.3 Å². The molecule has 0 amide bonds. The van der Waals surface area contributed by atoms with Crippen LogP contribution in [0.4, 0.5) is 0 Å². The van der Waals surface area contributed by atoms with Gasteiger partial charge in [0.05, 0.1) is 3.79 Å². The lowest BCUT2D eigenvalue weighted by atomic mass is 9.78. The summed E-state index contributed by atoms with van der Waals surface area (Å²) in [6.07, 6.45) is 3.48. The van der Waals surface area contributed by atoms with Gasteiger partial charge in [-0.05, 0) is 70.8 Å². The van der Waals surface area contributed by atoms with Crippen LogP contribution in [-0.2, 0) is 12.8 Å². The highest BCUT2D eigenvalue weighted by atomic mass is 79.9. The molecular weight excluding hydrogens is 318 g/mol. The summed E-state index contributed by atoms with van der Waals surface area (Å²) in [7, 11) is 0. The first kappa shape index (κ1) is 13.3. The van der Waals surface area contributed by atoms with E-state index in [9.17, 15) is 0 Å². The molecule has 1 aliphatic rings. The fourth-order valence-corrected chi connectivity index (χ4v) is 4.84. The summed E-state index contributed by atoms with van der Waals surface area (Å²) < 4.78 is 1.19. The van der Waals surface area contributed by atoms with Crippen LogP contribution < -0.4 is 5.73 Å². The van der Waals surface area contributed by atoms with Crippen molar-refractivity contribution in [3.63, 3.8) is 0 Å². The summed E-state index contributed by atoms with van der Waals surface area (Å²) in [5.41, 5.74) is 10.8. The molecule has 1 aromatic carbocycles. The summed E-state index contributed by atoms with van der Waals surface area (Å²) >= 11 is 5.35. The summed E-state index contributed by atoms with van der Waals surface area (Å²) in [4.78, 5) is 1.35. The van der Waals surface area contributed by atoms with Crippen molar-refractivity contribution in [2.24, 2.45) is 11.7 Å². The second-order valence-electron chi connectivity index (χ2n) is 5.36. The van der Waals surface area contributed by atoms with Gasteiger partial charge < -0.3 is 5.73 Å². The van der Waals surface area contributed by atoms with Gasteiger partial charge in [0.25, 0.3) is 0 Å². The van der Waals surface area contributed by atoms with E-state index in [-0.39, 0.29) is 6.04 Å². The highest BCUT2D eigenvalue weighted by Gasteiger charge is 2.26. The summed E-state index contributed by atoms with van der Waals surface area (Å²) in [5, 5.41) is 0. The lowest BCUT2D eigenvalue weighted by Crippen LogP contribution is -2.27. The van der Waals surface area contributed by atoms with Crippen LogP contribution in [0, 0.1) is 12.8 Å². The number of fused-ring (bicyclic) bond motifs is 1. The molecule has 1 nitrogen and oxygen atoms in total. The second kappa shape index (κ2) is 5.39. The minimum atomic E-state index is 0.163. The quantitative estimate of drug-likeness (QED) is 0.851. The second-order valence-corrected chi connectivity index (χ2v) is 7.99. The fourth-order valence-electron chi connectivity index (χ4n) is 3.08. The van der Waals surface area contributed by atoms with Crippen molar-refractivity contribution < 1.29 is 0 Å². The van der Waals surface area contributed by atoms with Gasteiger partial charge in [0, 0.05) is 10.9 Å². The summed E-state index contributed by atoms with van der Waals surface area (Å²) in [6, 6.07) is 11.1. The van der Waals surface area contributed by atoms with E-state index in [1.807, 2.05) is 0 Å². The van der Waals surface area contributed by atoms with Crippen molar-refractivity contribution in [2.45, 2.75) is 32.2 Å². The maximum Gasteiger partial charge on any atom is 0.0704 e. The Hall–Kier alpha value is -0.640. The number of rotatable bonds is 2. The Morgan fingerprint density at radius 1 is 1.32 bits per heavy atom. The number of halogens is 1. The highest BCUT2D eigenvalue weighted by Crippen LogP contribution is 2.37. The number of thiophene rings is 1. The molecular formula is C16H18BrNS. The predicted octanol–water partition coefficient (Wildman–Crippen LogP) is 4.62. The average Bonchev–Trinajstić information content (AvgIpc) is 2.76. The number of hydrogen-bond acceptors (Lipinski definition) is 2. The molecule has 0 spiro atoms. The van der Waals surface area contributed by atoms with E-state index in [0.717, 1.165) is 6.42 Å². The van der Waals surface area contributed by atoms with Gasteiger partial charge in [-0.1, -0.05) is 24.3 Å². The molecule has 3 heteroatoms. The number of benzene rings is 1. The summed E-state index contributed by atoms with van der Waals surface area (Å²) in [5.74, 6) is 0.565. The highest BCUT2D eigenvalue weighted by molar-refractivity contribution is 9.11. The van der Waals surface area contributed by atoms with Crippen LogP contribution in [-0.4, -0.2) is 0 Å². The van der Waals surface area contributed by atoms with E-state index in [1.165, 1.54) is 38.2 Å². The number of aryl methyl sites for hydroxylation is 2. The van der Waals surface area contributed by atoms with Crippen molar-refractivity contribution in [2.75, 3.05) is 0 Å². The molecule has 1 heterocycles. The van der Waals surface area contributed by atoms with E-state index in [1.54, 1.807) is 11.3 Å². The van der Waals surface area contributed by atoms with Gasteiger partial charge in [0.15, 0.2) is 0 Å². The standard InChI is InChI=1S/C16H18BrNS/c1-10-14(9-15(17)19-10)16(18)13-7-6-11-4-2-3-5-12(11)8-13/h2-5,9,13,16H,6-8,18H2,1H3. The number of hydrogen-bond donors (Lipinski definition) is 1. The van der Waals surface area contributed by atoms with Crippen molar-refractivity contribution in [1.29, 1.82) is 0 Å². The van der Waals surface area contributed by atoms with Gasteiger partial charge in [0.2, 0.25) is 0 Å². The molecule has 1 aromatic heterocycles. The third kappa shape index (κ3) is 2.64. The van der Waals surface area contributed by atoms with Crippen molar-refractivity contribution in [1.82, 2.24) is 0 Å². The SMILES string of the molecule is Cc1sc(Br)cc1C(N)C1CCc2ccccc2C1. The molecule has 3 rings (SSSR count). The zero-order chi connectivity index (χ0) is 13.4. The van der Waals surface area contributed by atoms with E-state index in [4.69, 9.17) is 5.73 Å². The maximum atomic E-state index is 6.53. The van der Waals surface area contributed by atoms with Crippen LogP contribution in [0.5, 0.6) is 0 Å². The van der Waals surface area contributed by atoms with Gasteiger partial charge in [-0.25, -0.2) is 0 Å². The molecule has 2 aromatic rings. The molecule has 0 saturated heterocycles. The average molecular weight is 336 g/mol. The third-order valence-electron chi connectivity index (χ3n) is 4.18. The first-order valence-electron chi connectivity index (χ1n) is 6.73. The van der Waals surface area contributed by atoms with Gasteiger partial charge in [-0.15, -0.1) is 11.3 Å². The Morgan fingerprint density at radius 2 is 2.05 bits per heavy atom. The lowest BCUT2D eigenvalue weighted by molar-refractivity contribution is 0.382. The van der Waals surface area contributed by atoms with E-state index in [2.05, 4.69) is 53.2 Å². The molecule has 0 fully saturated rings. The monoisotopic (exact) mass is 335 g/mol. The van der Waals surface area contributed by atoms with Gasteiger partial charge in [-0.2, -0.15) is 0 Å². The van der Waals surface area contributed by atoms with Gasteiger partial charge in [0.1, 0.15) is 0 Å². The Bertz CT molecular complexity index is 590. The minimum absolute atomic E-state index is 0.163. The zero-order valence-electron chi connectivity index (χ0n) is 11.0. The topological polar surface area (TPSA) is 26.0 Å². The normalized spacial score (nSPS) is 20.1. The lowest BCUT2D eigenvalue weighted by Gasteiger charge is -2.29. The molecule has 2 atom stereocenters. The van der Waals surface area contributed by atoms with Crippen LogP contribution in [0.1, 0.15) is 34.0 Å². The first-order valence-corrected chi connectivity index (χ1v) is 8.34. The van der Waals surface area contributed by atoms with Crippen molar-refractivity contribution in [3.8, 4) is 0 Å². The van der Waals surface area contributed by atoms with E-state index in [0.29, 0.717) is 5.92 Å². The summed E-state index contributed by atoms with van der Waals surface area (Å²) in [6.45, 7) is 2.17. The Kier molecular flexibility index (Phi) is 3.79. The van der Waals surface area contributed by atoms with Gasteiger partial charge in [-0.3, -0.25) is 0 Å². The largest absolute Gasteiger partial charge is 0.324 e. The number of nitrogens with two attached hydrogens (primary N) is 1. The Balaban J connectivity index is 1.83. The molecule has 2 unspecified atom stereocenters. The van der Waals surface area contributed by atoms with E-state index >= 15 is 0 Å². The van der Waals surface area contributed by atoms with Crippen LogP contribution in [0.3, 0.4) is 0 Å². The Labute approximate surface area is 127 Å². The van der Waals surface area contributed by atoms with Crippen LogP contribution in [0.25, 0.3) is 0 Å². The molecule has 0 bridgehead atoms. The molecule has 2 N–H and O–H groups in total. The molecule has 19 heavy (non-hydrogen) atoms. The third-order valence-corrected chi connectivity index (χ3v) is 5.75. The maximum absolute atomic E-state index is 6.53. The zero-order valence-corrected chi connectivity index (χ0v) is 13.4. The predicted molar refractivity (Wildman–Crippen MR) is 85.6 cm³/mol. The van der Waals surface area contributed by atoms with Gasteiger partial charge >= 0.3 is 0 Å². The first-order chi connectivity index (χ1) is 9.15. The van der Waals surface area contributed by atoms with Crippen molar-refractivity contribution in [3.05, 3.63) is 55.7 Å². The fraction of sp³-hybridized carbons (Fsp3) is 0.375. The van der Waals surface area contributed by atoms with Crippen LogP contribution in [0.2, 0.25) is 0 Å². The molecule has 1 aliphatic carbocycles.